The molecule has 0 aliphatic heterocycles. The van der Waals surface area contributed by atoms with E-state index in [0.717, 1.165) is 22.8 Å². The number of hydrogen-bond acceptors (Lipinski definition) is 7. The van der Waals surface area contributed by atoms with Gasteiger partial charge in [0.1, 0.15) is 28.2 Å². The zero-order chi connectivity index (χ0) is 31.1. The summed E-state index contributed by atoms with van der Waals surface area (Å²) in [5.74, 6) is -1.12. The molecule has 1 heterocycles. The molecule has 1 aromatic heterocycles. The van der Waals surface area contributed by atoms with E-state index < -0.39 is 11.2 Å². The molecule has 0 saturated heterocycles. The second-order valence-corrected chi connectivity index (χ2v) is 11.7. The number of phenolic OH excluding ortho intramolecular Hbond substituents is 2. The van der Waals surface area contributed by atoms with Gasteiger partial charge in [-0.25, -0.2) is 0 Å². The van der Waals surface area contributed by atoms with E-state index in [2.05, 4.69) is 20.8 Å². The Labute approximate surface area is 249 Å². The van der Waals surface area contributed by atoms with Gasteiger partial charge in [0, 0.05) is 28.8 Å². The van der Waals surface area contributed by atoms with E-state index in [-0.39, 0.29) is 57.4 Å². The fourth-order valence-electron chi connectivity index (χ4n) is 4.77. The highest BCUT2D eigenvalue weighted by atomic mass is 16.5. The van der Waals surface area contributed by atoms with Crippen molar-refractivity contribution < 1.29 is 29.0 Å². The molecule has 4 aromatic carbocycles. The van der Waals surface area contributed by atoms with E-state index in [1.807, 2.05) is 38.1 Å². The molecular weight excluding hydrogens is 544 g/mol. The Kier molecular flexibility index (Phi) is 7.67. The summed E-state index contributed by atoms with van der Waals surface area (Å²) in [7, 11) is 0. The van der Waals surface area contributed by atoms with E-state index in [9.17, 15) is 24.6 Å². The Hall–Kier alpha value is -5.17. The highest BCUT2D eigenvalue weighted by Crippen LogP contribution is 2.38. The second-order valence-electron chi connectivity index (χ2n) is 11.7. The Morgan fingerprint density at radius 2 is 1.40 bits per heavy atom. The Morgan fingerprint density at radius 1 is 0.791 bits per heavy atom. The number of benzene rings is 4. The fourth-order valence-corrected chi connectivity index (χ4v) is 4.77. The normalized spacial score (nSPS) is 11.5. The van der Waals surface area contributed by atoms with Gasteiger partial charge in [0.05, 0.1) is 6.42 Å². The Morgan fingerprint density at radius 3 is 1.98 bits per heavy atom. The summed E-state index contributed by atoms with van der Waals surface area (Å²) in [5, 5.41) is 20.3. The number of Topliss-reactive ketones (excluding diaryl/α,β-unsaturated/α-hetero) is 2. The van der Waals surface area contributed by atoms with Crippen LogP contribution in [0.4, 0.5) is 0 Å². The van der Waals surface area contributed by atoms with Crippen molar-refractivity contribution in [2.75, 3.05) is 0 Å². The lowest BCUT2D eigenvalue weighted by Crippen LogP contribution is -2.12. The minimum absolute atomic E-state index is 0.00161. The zero-order valence-corrected chi connectivity index (χ0v) is 24.6. The monoisotopic (exact) mass is 576 g/mol. The highest BCUT2D eigenvalue weighted by Gasteiger charge is 2.22. The number of phenols is 2. The minimum atomic E-state index is -0.629. The first kappa shape index (κ1) is 29.3. The quantitative estimate of drug-likeness (QED) is 0.149. The number of fused-ring (bicyclic) bond motifs is 1. The second kappa shape index (κ2) is 11.2. The molecule has 0 amide bonds. The number of carbonyl (C=O) groups is 2. The maximum Gasteiger partial charge on any atom is 0.239 e. The van der Waals surface area contributed by atoms with Crippen LogP contribution in [0.2, 0.25) is 0 Å². The van der Waals surface area contributed by atoms with Gasteiger partial charge >= 0.3 is 0 Å². The van der Waals surface area contributed by atoms with E-state index >= 15 is 0 Å². The first-order chi connectivity index (χ1) is 20.3. The van der Waals surface area contributed by atoms with Crippen molar-refractivity contribution in [1.82, 2.24) is 0 Å². The lowest BCUT2D eigenvalue weighted by atomic mass is 9.86. The summed E-state index contributed by atoms with van der Waals surface area (Å²) in [4.78, 5) is 39.3. The maximum absolute atomic E-state index is 13.6. The first-order valence-corrected chi connectivity index (χ1v) is 13.9. The molecular formula is C36H32O7. The molecule has 0 atom stereocenters. The lowest BCUT2D eigenvalue weighted by Gasteiger charge is -2.18. The SMILES string of the molecule is Cc1ccc(-c2oc3cc(O)cc(O)c3c(=O)c2Oc2ccc(C(=O)CC(=O)c3ccc(C(C)(C)C)cc3)cc2)cc1C. The molecule has 0 unspecified atom stereocenters. The molecule has 0 spiro atoms. The molecule has 218 valence electrons. The molecule has 0 aliphatic carbocycles. The van der Waals surface area contributed by atoms with Crippen molar-refractivity contribution in [3.8, 4) is 34.3 Å². The first-order valence-electron chi connectivity index (χ1n) is 13.9. The molecule has 7 heteroatoms. The minimum Gasteiger partial charge on any atom is -0.508 e. The summed E-state index contributed by atoms with van der Waals surface area (Å²) in [6, 6.07) is 21.3. The van der Waals surface area contributed by atoms with Gasteiger partial charge in [0.25, 0.3) is 0 Å². The lowest BCUT2D eigenvalue weighted by molar-refractivity contribution is 0.0894. The standard InChI is InChI=1S/C36H32O7/c1-20-6-7-24(16-21(20)2)34-35(33(41)32-30(40)17-26(37)18-31(32)43-34)42-27-14-10-23(11-15-27)29(39)19-28(38)22-8-12-25(13-9-22)36(3,4)5/h6-18,37,40H,19H2,1-5H3. The third kappa shape index (κ3) is 6.06. The number of ketones is 2. The van der Waals surface area contributed by atoms with Crippen LogP contribution in [0.15, 0.2) is 88.1 Å². The number of carbonyl (C=O) groups excluding carboxylic acids is 2. The van der Waals surface area contributed by atoms with Gasteiger partial charge < -0.3 is 19.4 Å². The Bertz CT molecular complexity index is 1920. The molecule has 0 fully saturated rings. The van der Waals surface area contributed by atoms with Gasteiger partial charge in [-0.2, -0.15) is 0 Å². The van der Waals surface area contributed by atoms with Gasteiger partial charge in [-0.05, 0) is 66.3 Å². The van der Waals surface area contributed by atoms with E-state index in [1.165, 1.54) is 30.3 Å². The third-order valence-electron chi connectivity index (χ3n) is 7.48. The van der Waals surface area contributed by atoms with Crippen LogP contribution in [0.3, 0.4) is 0 Å². The van der Waals surface area contributed by atoms with Gasteiger partial charge in [-0.3, -0.25) is 14.4 Å². The highest BCUT2D eigenvalue weighted by molar-refractivity contribution is 6.13. The van der Waals surface area contributed by atoms with E-state index in [4.69, 9.17) is 9.15 Å². The average molecular weight is 577 g/mol. The Balaban J connectivity index is 1.43. The van der Waals surface area contributed by atoms with Crippen LogP contribution in [-0.4, -0.2) is 21.8 Å². The van der Waals surface area contributed by atoms with Crippen molar-refractivity contribution in [3.05, 3.63) is 117 Å². The summed E-state index contributed by atoms with van der Waals surface area (Å²) in [6.45, 7) is 10.2. The molecule has 5 rings (SSSR count). The van der Waals surface area contributed by atoms with Crippen molar-refractivity contribution in [3.63, 3.8) is 0 Å². The number of rotatable bonds is 7. The number of hydrogen-bond donors (Lipinski definition) is 2. The number of ether oxygens (including phenoxy) is 1. The van der Waals surface area contributed by atoms with Crippen LogP contribution in [-0.2, 0) is 5.41 Å². The van der Waals surface area contributed by atoms with Crippen LogP contribution >= 0.6 is 0 Å². The molecule has 5 aromatic rings. The summed E-state index contributed by atoms with van der Waals surface area (Å²) >= 11 is 0. The van der Waals surface area contributed by atoms with Gasteiger partial charge in [0.15, 0.2) is 17.3 Å². The van der Waals surface area contributed by atoms with E-state index in [0.29, 0.717) is 16.7 Å². The predicted molar refractivity (Wildman–Crippen MR) is 166 cm³/mol. The van der Waals surface area contributed by atoms with Crippen molar-refractivity contribution in [2.24, 2.45) is 0 Å². The smallest absolute Gasteiger partial charge is 0.239 e. The zero-order valence-electron chi connectivity index (χ0n) is 24.6. The molecule has 0 aliphatic rings. The van der Waals surface area contributed by atoms with Crippen LogP contribution in [0, 0.1) is 13.8 Å². The van der Waals surface area contributed by atoms with Crippen molar-refractivity contribution in [2.45, 2.75) is 46.5 Å². The topological polar surface area (TPSA) is 114 Å². The van der Waals surface area contributed by atoms with Crippen LogP contribution in [0.5, 0.6) is 23.0 Å². The largest absolute Gasteiger partial charge is 0.508 e. The molecule has 43 heavy (non-hydrogen) atoms. The van der Waals surface area contributed by atoms with E-state index in [1.54, 1.807) is 18.2 Å². The van der Waals surface area contributed by atoms with Crippen molar-refractivity contribution >= 4 is 22.5 Å². The molecule has 0 saturated carbocycles. The van der Waals surface area contributed by atoms with Crippen LogP contribution in [0.25, 0.3) is 22.3 Å². The summed E-state index contributed by atoms with van der Waals surface area (Å²) < 4.78 is 12.0. The van der Waals surface area contributed by atoms with Gasteiger partial charge in [0.2, 0.25) is 11.2 Å². The van der Waals surface area contributed by atoms with Gasteiger partial charge in [-0.15, -0.1) is 0 Å². The molecule has 0 radical (unpaired) electrons. The maximum atomic E-state index is 13.6. The number of aromatic hydroxyl groups is 2. The van der Waals surface area contributed by atoms with Gasteiger partial charge in [-0.1, -0.05) is 57.2 Å². The third-order valence-corrected chi connectivity index (χ3v) is 7.48. The van der Waals surface area contributed by atoms with Crippen molar-refractivity contribution in [1.29, 1.82) is 0 Å². The summed E-state index contributed by atoms with van der Waals surface area (Å²) in [6.07, 6.45) is -0.285. The number of aryl methyl sites for hydroxylation is 2. The average Bonchev–Trinajstić information content (AvgIpc) is 2.95. The predicted octanol–water partition coefficient (Wildman–Crippen LogP) is 8.03. The summed E-state index contributed by atoms with van der Waals surface area (Å²) in [5.41, 5.74) is 3.80. The van der Waals surface area contributed by atoms with Crippen LogP contribution < -0.4 is 10.2 Å². The van der Waals surface area contributed by atoms with Crippen LogP contribution in [0.1, 0.15) is 64.6 Å². The fraction of sp³-hybridized carbons (Fsp3) is 0.194. The molecule has 7 nitrogen and oxygen atoms in total. The molecule has 2 N–H and O–H groups in total. The molecule has 0 bridgehead atoms.